The van der Waals surface area contributed by atoms with Crippen LogP contribution in [0.2, 0.25) is 0 Å². The maximum Gasteiger partial charge on any atom is 0.229 e. The summed E-state index contributed by atoms with van der Waals surface area (Å²) in [5, 5.41) is 4.17. The van der Waals surface area contributed by atoms with Crippen molar-refractivity contribution in [1.82, 2.24) is 19.9 Å². The molecule has 0 bridgehead atoms. The van der Waals surface area contributed by atoms with Crippen LogP contribution in [0.4, 0.5) is 16.8 Å². The second-order valence-corrected chi connectivity index (χ2v) is 10.9. The van der Waals surface area contributed by atoms with E-state index in [9.17, 15) is 4.79 Å². The molecule has 1 amide bonds. The Labute approximate surface area is 209 Å². The fourth-order valence-electron chi connectivity index (χ4n) is 5.49. The molecule has 0 spiro atoms. The van der Waals surface area contributed by atoms with Crippen LogP contribution in [0.15, 0.2) is 24.4 Å². The van der Waals surface area contributed by atoms with Crippen LogP contribution < -0.4 is 10.2 Å². The van der Waals surface area contributed by atoms with Crippen LogP contribution in [0, 0.1) is 0 Å². The summed E-state index contributed by atoms with van der Waals surface area (Å²) in [5.41, 5.74) is 3.38. The number of rotatable bonds is 6. The quantitative estimate of drug-likeness (QED) is 0.527. The van der Waals surface area contributed by atoms with Gasteiger partial charge in [-0.25, -0.2) is 15.0 Å². The van der Waals surface area contributed by atoms with E-state index in [4.69, 9.17) is 14.7 Å². The number of amides is 1. The summed E-state index contributed by atoms with van der Waals surface area (Å²) < 4.78 is 6.58. The van der Waals surface area contributed by atoms with Gasteiger partial charge in [0, 0.05) is 44.5 Å². The molecule has 6 heterocycles. The molecular formula is C26H32N6O2S. The lowest BCUT2D eigenvalue weighted by Gasteiger charge is -2.26. The van der Waals surface area contributed by atoms with Crippen molar-refractivity contribution in [3.63, 3.8) is 0 Å². The van der Waals surface area contributed by atoms with Gasteiger partial charge in [-0.15, -0.1) is 0 Å². The van der Waals surface area contributed by atoms with Gasteiger partial charge in [-0.1, -0.05) is 17.4 Å². The highest BCUT2D eigenvalue weighted by atomic mass is 32.1. The first-order valence-corrected chi connectivity index (χ1v) is 13.6. The fourth-order valence-corrected chi connectivity index (χ4v) is 6.52. The molecule has 3 aliphatic heterocycles. The summed E-state index contributed by atoms with van der Waals surface area (Å²) in [4.78, 5) is 31.1. The first kappa shape index (κ1) is 22.8. The number of hydrogen-bond donors (Lipinski definition) is 1. The maximum absolute atomic E-state index is 12.3. The highest BCUT2D eigenvalue weighted by Gasteiger charge is 2.31. The number of likely N-dealkylation sites (tertiary alicyclic amines) is 1. The predicted octanol–water partition coefficient (Wildman–Crippen LogP) is 4.84. The summed E-state index contributed by atoms with van der Waals surface area (Å²) in [7, 11) is 0. The van der Waals surface area contributed by atoms with E-state index < -0.39 is 0 Å². The summed E-state index contributed by atoms with van der Waals surface area (Å²) in [6.45, 7) is 6.93. The number of hydrogen-bond acceptors (Lipinski definition) is 8. The van der Waals surface area contributed by atoms with E-state index in [1.54, 1.807) is 0 Å². The molecule has 3 aromatic rings. The molecule has 1 N–H and O–H groups in total. The largest absolute Gasteiger partial charge is 0.381 e. The summed E-state index contributed by atoms with van der Waals surface area (Å²) in [6.07, 6.45) is 7.98. The van der Waals surface area contributed by atoms with Crippen LogP contribution >= 0.6 is 11.3 Å². The molecule has 3 aromatic heterocycles. The predicted molar refractivity (Wildman–Crippen MR) is 138 cm³/mol. The molecule has 184 valence electrons. The minimum Gasteiger partial charge on any atom is -0.381 e. The Morgan fingerprint density at radius 1 is 1.11 bits per heavy atom. The van der Waals surface area contributed by atoms with Crippen LogP contribution in [-0.4, -0.2) is 58.1 Å². The first-order chi connectivity index (χ1) is 17.1. The number of anilines is 3. The van der Waals surface area contributed by atoms with Gasteiger partial charge in [0.05, 0.1) is 15.9 Å². The lowest BCUT2D eigenvalue weighted by molar-refractivity contribution is -0.117. The van der Waals surface area contributed by atoms with Crippen molar-refractivity contribution >= 4 is 44.2 Å². The van der Waals surface area contributed by atoms with Crippen molar-refractivity contribution in [2.75, 3.05) is 36.5 Å². The number of ether oxygens (including phenoxy) is 1. The average molecular weight is 493 g/mol. The van der Waals surface area contributed by atoms with Crippen molar-refractivity contribution < 1.29 is 9.53 Å². The van der Waals surface area contributed by atoms with E-state index in [1.807, 2.05) is 17.2 Å². The fraction of sp³-hybridized carbons (Fsp3) is 0.538. The Balaban J connectivity index is 1.25. The standard InChI is InChI=1S/C26H32N6O2S/c1-17-4-7-25(33)32(17)26-29-20-14-24(27-15-22(20)35-26)30-23-6-5-19(18-8-12-34-13-9-18)21(28-23)16-31-10-2-3-11-31/h5-6,14-15,17-18H,2-4,7-13,16H2,1H3,(H,27,28,30)/t17-/m0/s1. The molecule has 0 aliphatic carbocycles. The second kappa shape index (κ2) is 9.79. The SMILES string of the molecule is C[C@H]1CCC(=O)N1c1nc2cc(Nc3ccc(C4CCOCC4)c(CN4CCCC4)n3)ncc2s1. The zero-order valence-electron chi connectivity index (χ0n) is 20.2. The third-order valence-electron chi connectivity index (χ3n) is 7.45. The van der Waals surface area contributed by atoms with Crippen LogP contribution in [0.25, 0.3) is 10.2 Å². The number of nitrogens with zero attached hydrogens (tertiary/aromatic N) is 5. The number of fused-ring (bicyclic) bond motifs is 1. The molecule has 0 radical (unpaired) electrons. The number of carbonyl (C=O) groups is 1. The summed E-state index contributed by atoms with van der Waals surface area (Å²) in [6, 6.07) is 6.47. The minimum atomic E-state index is 0.155. The molecule has 0 aromatic carbocycles. The van der Waals surface area contributed by atoms with Crippen LogP contribution in [0.1, 0.15) is 62.6 Å². The van der Waals surface area contributed by atoms with E-state index in [2.05, 4.69) is 34.3 Å². The Morgan fingerprint density at radius 2 is 1.94 bits per heavy atom. The average Bonchev–Trinajstić information content (AvgIpc) is 3.60. The zero-order chi connectivity index (χ0) is 23.8. The molecule has 8 nitrogen and oxygen atoms in total. The van der Waals surface area contributed by atoms with E-state index in [-0.39, 0.29) is 11.9 Å². The molecule has 3 aliphatic rings. The number of nitrogens with one attached hydrogen (secondary N) is 1. The molecule has 3 fully saturated rings. The highest BCUT2D eigenvalue weighted by molar-refractivity contribution is 7.22. The van der Waals surface area contributed by atoms with Crippen molar-refractivity contribution in [2.24, 2.45) is 0 Å². The van der Waals surface area contributed by atoms with Gasteiger partial charge >= 0.3 is 0 Å². The zero-order valence-corrected chi connectivity index (χ0v) is 21.0. The van der Waals surface area contributed by atoms with Gasteiger partial charge in [-0.05, 0) is 69.7 Å². The maximum atomic E-state index is 12.3. The molecular weight excluding hydrogens is 460 g/mol. The third kappa shape index (κ3) is 4.77. The topological polar surface area (TPSA) is 83.5 Å². The van der Waals surface area contributed by atoms with Crippen molar-refractivity contribution in [3.8, 4) is 0 Å². The molecule has 9 heteroatoms. The van der Waals surface area contributed by atoms with Gasteiger partial charge < -0.3 is 10.1 Å². The molecule has 3 saturated heterocycles. The van der Waals surface area contributed by atoms with E-state index in [1.165, 1.54) is 35.4 Å². The normalized spacial score (nSPS) is 21.9. The van der Waals surface area contributed by atoms with Gasteiger partial charge in [0.25, 0.3) is 0 Å². The van der Waals surface area contributed by atoms with Crippen LogP contribution in [0.3, 0.4) is 0 Å². The second-order valence-electron chi connectivity index (χ2n) is 9.91. The van der Waals surface area contributed by atoms with E-state index in [0.29, 0.717) is 18.2 Å². The lowest BCUT2D eigenvalue weighted by Crippen LogP contribution is -2.30. The molecule has 0 unspecified atom stereocenters. The van der Waals surface area contributed by atoms with Crippen LogP contribution in [-0.2, 0) is 16.1 Å². The summed E-state index contributed by atoms with van der Waals surface area (Å²) >= 11 is 1.53. The van der Waals surface area contributed by atoms with Gasteiger partial charge in [-0.3, -0.25) is 14.6 Å². The van der Waals surface area contributed by atoms with Crippen LogP contribution in [0.5, 0.6) is 0 Å². The Bertz CT molecular complexity index is 1220. The third-order valence-corrected chi connectivity index (χ3v) is 8.46. The summed E-state index contributed by atoms with van der Waals surface area (Å²) in [5.74, 6) is 2.19. The van der Waals surface area contributed by atoms with Gasteiger partial charge in [0.2, 0.25) is 5.91 Å². The smallest absolute Gasteiger partial charge is 0.229 e. The Morgan fingerprint density at radius 3 is 2.71 bits per heavy atom. The van der Waals surface area contributed by atoms with Crippen molar-refractivity contribution in [1.29, 1.82) is 0 Å². The first-order valence-electron chi connectivity index (χ1n) is 12.8. The van der Waals surface area contributed by atoms with Gasteiger partial charge in [0.1, 0.15) is 11.6 Å². The van der Waals surface area contributed by atoms with Crippen molar-refractivity contribution in [2.45, 2.75) is 64.0 Å². The van der Waals surface area contributed by atoms with E-state index in [0.717, 1.165) is 73.3 Å². The monoisotopic (exact) mass is 492 g/mol. The van der Waals surface area contributed by atoms with E-state index >= 15 is 0 Å². The number of carbonyl (C=O) groups excluding carboxylic acids is 1. The molecule has 1 atom stereocenters. The number of thiazole rings is 1. The molecule has 6 rings (SSSR count). The lowest BCUT2D eigenvalue weighted by atomic mass is 9.90. The Hall–Kier alpha value is -2.62. The Kier molecular flexibility index (Phi) is 6.39. The minimum absolute atomic E-state index is 0.155. The van der Waals surface area contributed by atoms with Gasteiger partial charge in [-0.2, -0.15) is 0 Å². The molecule has 0 saturated carbocycles. The van der Waals surface area contributed by atoms with Gasteiger partial charge in [0.15, 0.2) is 5.13 Å². The number of pyridine rings is 2. The van der Waals surface area contributed by atoms with Crippen molar-refractivity contribution in [3.05, 3.63) is 35.7 Å². The number of aromatic nitrogens is 3. The molecule has 35 heavy (non-hydrogen) atoms. The highest BCUT2D eigenvalue weighted by Crippen LogP contribution is 2.35.